The zero-order chi connectivity index (χ0) is 92.8. The number of aromatic nitrogens is 2. The number of carboxylic acids is 2. The van der Waals surface area contributed by atoms with Crippen LogP contribution in [-0.4, -0.2) is 92.5 Å². The van der Waals surface area contributed by atoms with Crippen molar-refractivity contribution in [2.75, 3.05) is 40.2 Å². The molecule has 128 heavy (non-hydrogen) atoms. The van der Waals surface area contributed by atoms with Gasteiger partial charge in [-0.1, -0.05) is 85.0 Å². The third kappa shape index (κ3) is 32.9. The van der Waals surface area contributed by atoms with Crippen LogP contribution < -0.4 is 47.8 Å². The van der Waals surface area contributed by atoms with Gasteiger partial charge in [0.05, 0.1) is 54.8 Å². The minimum absolute atomic E-state index is 0.0105. The number of carbonyl (C=O) groups excluding carboxylic acids is 6. The van der Waals surface area contributed by atoms with Crippen LogP contribution in [0.2, 0.25) is 0 Å². The Morgan fingerprint density at radius 3 is 1.52 bits per heavy atom. The van der Waals surface area contributed by atoms with E-state index in [1.807, 2.05) is 120 Å². The summed E-state index contributed by atoms with van der Waals surface area (Å²) < 4.78 is 38.9. The fourth-order valence-electron chi connectivity index (χ4n) is 13.3. The molecule has 0 fully saturated rings. The molecule has 26 heteroatoms. The highest BCUT2D eigenvalue weighted by Crippen LogP contribution is 2.35. The highest BCUT2D eigenvalue weighted by atomic mass is 16.5. The number of nitrogens with two attached hydrogens (primary N) is 4. The van der Waals surface area contributed by atoms with Gasteiger partial charge in [0.25, 0.3) is 0 Å². The van der Waals surface area contributed by atoms with Crippen molar-refractivity contribution in [3.8, 4) is 23.0 Å². The number of nitrogens with zero attached hydrogens (tertiary/aromatic N) is 2. The number of furan rings is 4. The number of carboxylic acid groups (broad SMARTS) is 2. The number of fused-ring (bicyclic) bond motifs is 6. The van der Waals surface area contributed by atoms with Gasteiger partial charge in [-0.15, -0.1) is 0 Å². The number of nitrogen functional groups attached to an aromatic ring is 4. The number of aldehydes is 3. The van der Waals surface area contributed by atoms with Crippen LogP contribution in [0, 0.1) is 34.6 Å². The molecule has 8 heterocycles. The summed E-state index contributed by atoms with van der Waals surface area (Å²) in [5.41, 5.74) is 38.0. The molecule has 2 amide bonds. The molecule has 668 valence electrons. The predicted octanol–water partition coefficient (Wildman–Crippen LogP) is 20.7. The van der Waals surface area contributed by atoms with Crippen LogP contribution in [0.1, 0.15) is 168 Å². The Kier molecular flexibility index (Phi) is 38.4. The average molecular weight is 1740 g/mol. The van der Waals surface area contributed by atoms with Crippen LogP contribution >= 0.6 is 0 Å². The number of allylic oxidation sites excluding steroid dienone is 1. The number of phenolic OH excluding ortho intramolecular Hbond substituents is 1. The van der Waals surface area contributed by atoms with Crippen LogP contribution in [-0.2, 0) is 67.3 Å². The summed E-state index contributed by atoms with van der Waals surface area (Å²) in [6.07, 6.45) is 13.5. The average Bonchev–Trinajstić information content (AvgIpc) is 1.68. The largest absolute Gasteiger partial charge is 0.507 e. The van der Waals surface area contributed by atoms with E-state index in [9.17, 15) is 38.4 Å². The highest BCUT2D eigenvalue weighted by Gasteiger charge is 2.25. The zero-order valence-electron chi connectivity index (χ0n) is 73.7. The van der Waals surface area contributed by atoms with Crippen LogP contribution in [0.25, 0.3) is 50.0 Å². The van der Waals surface area contributed by atoms with E-state index < -0.39 is 11.9 Å². The minimum Gasteiger partial charge on any atom is -0.507 e. The molecular weight excluding hydrogens is 1630 g/mol. The van der Waals surface area contributed by atoms with Crippen LogP contribution in [0.4, 0.5) is 34.4 Å². The number of hydrogen-bond donors (Lipinski definition) is 9. The molecule has 14 aromatic rings. The summed E-state index contributed by atoms with van der Waals surface area (Å²) in [6, 6.07) is 63.5. The second kappa shape index (κ2) is 50.0. The lowest BCUT2D eigenvalue weighted by Gasteiger charge is -2.08. The number of aromatic hydroxyl groups is 1. The van der Waals surface area contributed by atoms with Crippen molar-refractivity contribution in [3.05, 3.63) is 291 Å². The molecule has 0 saturated heterocycles. The molecule has 2 atom stereocenters. The smallest absolute Gasteiger partial charge is 0.303 e. The molecule has 2 aliphatic rings. The number of carbonyl (C=O) groups is 8. The first-order chi connectivity index (χ1) is 61.4. The van der Waals surface area contributed by atoms with E-state index in [-0.39, 0.29) is 61.6 Å². The number of rotatable bonds is 23. The van der Waals surface area contributed by atoms with Gasteiger partial charge in [0, 0.05) is 76.4 Å². The van der Waals surface area contributed by atoms with Gasteiger partial charge < -0.3 is 85.6 Å². The quantitative estimate of drug-likeness (QED) is 0.0163. The van der Waals surface area contributed by atoms with Gasteiger partial charge in [-0.3, -0.25) is 33.6 Å². The monoisotopic (exact) mass is 1740 g/mol. The number of benzene rings is 8. The lowest BCUT2D eigenvalue weighted by atomic mass is 10.1. The molecular formula is C102H112N8O18. The number of amides is 2. The molecule has 6 aromatic heterocycles. The molecule has 8 aromatic carbocycles. The van der Waals surface area contributed by atoms with E-state index >= 15 is 0 Å². The first-order valence-electron chi connectivity index (χ1n) is 42.0. The predicted molar refractivity (Wildman–Crippen MR) is 503 cm³/mol. The topological polar surface area (TPSA) is 431 Å². The Morgan fingerprint density at radius 1 is 0.492 bits per heavy atom. The van der Waals surface area contributed by atoms with Gasteiger partial charge in [-0.05, 0) is 262 Å². The molecule has 0 saturated carbocycles. The van der Waals surface area contributed by atoms with Crippen molar-refractivity contribution < 1.29 is 85.6 Å². The number of anilines is 6. The second-order valence-corrected chi connectivity index (χ2v) is 30.4. The number of ether oxygens (including phenoxy) is 3. The molecule has 26 nitrogen and oxygen atoms in total. The first kappa shape index (κ1) is 98.4. The lowest BCUT2D eigenvalue weighted by molar-refractivity contribution is -0.138. The second-order valence-electron chi connectivity index (χ2n) is 30.4. The molecule has 16 rings (SSSR count). The van der Waals surface area contributed by atoms with Gasteiger partial charge in [-0.2, -0.15) is 0 Å². The number of Topliss-reactive ketones (excluding diaryl/α,β-unsaturated/α-hetero) is 1. The summed E-state index contributed by atoms with van der Waals surface area (Å²) in [5, 5.41) is 36.4. The Balaban J connectivity index is 0.000000183. The van der Waals surface area contributed by atoms with E-state index in [1.54, 1.807) is 84.9 Å². The van der Waals surface area contributed by atoms with Crippen molar-refractivity contribution in [3.63, 3.8) is 0 Å². The van der Waals surface area contributed by atoms with E-state index in [0.29, 0.717) is 107 Å². The zero-order valence-corrected chi connectivity index (χ0v) is 73.7. The number of pyridine rings is 2. The van der Waals surface area contributed by atoms with Crippen molar-refractivity contribution in [2.24, 2.45) is 0 Å². The Labute approximate surface area is 743 Å². The van der Waals surface area contributed by atoms with Gasteiger partial charge >= 0.3 is 11.9 Å². The van der Waals surface area contributed by atoms with Gasteiger partial charge in [-0.25, -0.2) is 9.97 Å². The van der Waals surface area contributed by atoms with Gasteiger partial charge in [0.1, 0.15) is 104 Å². The van der Waals surface area contributed by atoms with E-state index in [2.05, 4.69) is 90.8 Å². The third-order valence-electron chi connectivity index (χ3n) is 19.2. The highest BCUT2D eigenvalue weighted by molar-refractivity contribution is 5.95. The Morgan fingerprint density at radius 2 is 0.977 bits per heavy atom. The maximum atomic E-state index is 12.1. The van der Waals surface area contributed by atoms with Crippen molar-refractivity contribution >= 4 is 133 Å². The van der Waals surface area contributed by atoms with Crippen molar-refractivity contribution in [2.45, 2.75) is 165 Å². The Bertz CT molecular complexity index is 6120. The molecule has 2 aliphatic heterocycles. The minimum atomic E-state index is -0.872. The maximum absolute atomic E-state index is 12.1. The van der Waals surface area contributed by atoms with Crippen molar-refractivity contribution in [1.29, 1.82) is 0 Å². The molecule has 0 radical (unpaired) electrons. The van der Waals surface area contributed by atoms with E-state index in [0.717, 1.165) is 116 Å². The molecule has 13 N–H and O–H groups in total. The standard InChI is InChI=1S/C18H19N3O4.C18H17N3O4.C12H12O.C11H15NO.C11H13NO.C10H12O2.C10H10O.C8H8O2.C4H6O2/c2*19-16-3-1-2-12(20-16)10-17(22)21-13-4-6-15-11(8-13)9-14(25-15)5-7-18(23)24;1-3-4-11-8-10-7-9(2)5-6-12(10)13-11;2*1-2-3-10-7-8-6-9(12)4-5-11(8)13-10;1-3-12-10-5-4-8(2)6-9(10)7-11;1-7-3-4-10-9(5-7)6-8(2)11-10;1-6-2-3-8(10)7(4-6)5-9;1-4(6)2-3-5/h1-4,6,8,14H,5,7,9-10H2,(H2,19,20)(H,21,22)(H,23,24);1-4,6,8-9H,5,7,10H2,(H2,19,20)(H,21,22)(H,23,24);3-8H,1-2H3;4-6,10H,2-3,7,12H2,1H3;4-7H,2-3,12H2,1H3;4-7H,3H2,1-2H3;3-6H,1-2H3;2-5,10H,1H3;3H,2H2,1H3. The summed E-state index contributed by atoms with van der Waals surface area (Å²) in [4.78, 5) is 93.8. The number of aryl methyl sites for hydroxylation is 7. The van der Waals surface area contributed by atoms with Crippen molar-refractivity contribution in [1.82, 2.24) is 9.97 Å². The number of ketones is 1. The molecule has 2 unspecified atom stereocenters. The van der Waals surface area contributed by atoms with E-state index in [4.69, 9.17) is 70.1 Å². The lowest BCUT2D eigenvalue weighted by Crippen LogP contribution is -2.15. The summed E-state index contributed by atoms with van der Waals surface area (Å²) in [6.45, 7) is 20.1. The molecule has 0 aliphatic carbocycles. The SMILES string of the molecule is CC(=O)CC=O.CC=Cc1cc2cc(C)ccc2o1.CCCC1Cc2cc(N)ccc2O1.CCCc1cc2cc(N)ccc2o1.CCOc1ccc(C)cc1C=O.Cc1ccc(O)c(C=O)c1.Cc1ccc2oc(C)cc2c1.Nc1cccc(CC(=O)Nc2ccc3c(c2)CC(CCC(=O)O)O3)n1.Nc1cccc(CC(=O)Nc2ccc3oc(CCC(=O)O)cc3c2)n1. The van der Waals surface area contributed by atoms with Crippen LogP contribution in [0.3, 0.4) is 0 Å². The fourth-order valence-corrected chi connectivity index (χ4v) is 13.3. The number of hydrogen-bond acceptors (Lipinski definition) is 22. The number of phenols is 1. The molecule has 0 spiro atoms. The Hall–Kier alpha value is -15.1. The first-order valence-corrected chi connectivity index (χ1v) is 42.0. The number of nitrogens with one attached hydrogen (secondary N) is 2. The van der Waals surface area contributed by atoms with Gasteiger partial charge in [0.15, 0.2) is 12.6 Å². The summed E-state index contributed by atoms with van der Waals surface area (Å²) in [7, 11) is 0. The third-order valence-corrected chi connectivity index (χ3v) is 19.2. The summed E-state index contributed by atoms with van der Waals surface area (Å²) >= 11 is 0. The normalized spacial score (nSPS) is 12.2. The number of aliphatic carboxylic acids is 2. The maximum Gasteiger partial charge on any atom is 0.303 e. The van der Waals surface area contributed by atoms with Gasteiger partial charge in [0.2, 0.25) is 11.8 Å². The van der Waals surface area contributed by atoms with E-state index in [1.165, 1.54) is 46.9 Å². The fraction of sp³-hybridized carbons (Fsp3) is 0.255. The molecule has 0 bridgehead atoms. The van der Waals surface area contributed by atoms with Crippen LogP contribution in [0.5, 0.6) is 23.0 Å². The summed E-state index contributed by atoms with van der Waals surface area (Å²) in [5.74, 6) is 4.60. The van der Waals surface area contributed by atoms with Crippen LogP contribution in [0.15, 0.2) is 230 Å².